The number of carbonyl (C=O) groups is 1. The zero-order valence-corrected chi connectivity index (χ0v) is 17.4. The van der Waals surface area contributed by atoms with Crippen LogP contribution in [0.25, 0.3) is 0 Å². The van der Waals surface area contributed by atoms with E-state index in [2.05, 4.69) is 54.7 Å². The fourth-order valence-electron chi connectivity index (χ4n) is 5.97. The first-order valence-electron chi connectivity index (χ1n) is 11.6. The summed E-state index contributed by atoms with van der Waals surface area (Å²) in [6.07, 6.45) is 31.6. The fourth-order valence-corrected chi connectivity index (χ4v) is 5.97. The van der Waals surface area contributed by atoms with Crippen LogP contribution in [-0.4, -0.2) is 5.78 Å². The molecule has 3 unspecified atom stereocenters. The smallest absolute Gasteiger partial charge is 0.140 e. The number of rotatable bonds is 6. The van der Waals surface area contributed by atoms with E-state index in [1.165, 1.54) is 54.4 Å². The lowest BCUT2D eigenvalue weighted by atomic mass is 9.82. The average Bonchev–Trinajstić information content (AvgIpc) is 3.51. The number of ketones is 1. The topological polar surface area (TPSA) is 17.1 Å². The minimum Gasteiger partial charge on any atom is -0.299 e. The number of Topliss-reactive ketones (excluding diaryl/α,β-unsaturated/α-hetero) is 1. The maximum absolute atomic E-state index is 13.4. The second-order valence-electron chi connectivity index (χ2n) is 9.33. The van der Waals surface area contributed by atoms with Crippen molar-refractivity contribution in [3.05, 3.63) is 82.5 Å². The highest BCUT2D eigenvalue weighted by Crippen LogP contribution is 2.44. The van der Waals surface area contributed by atoms with Gasteiger partial charge in [0.2, 0.25) is 0 Å². The Labute approximate surface area is 175 Å². The van der Waals surface area contributed by atoms with Gasteiger partial charge in [-0.1, -0.05) is 84.2 Å². The van der Waals surface area contributed by atoms with Crippen LogP contribution in [0, 0.1) is 17.8 Å². The molecule has 5 rings (SSSR count). The van der Waals surface area contributed by atoms with Gasteiger partial charge in [-0.2, -0.15) is 0 Å². The fraction of sp³-hybridized carbons (Fsp3) is 0.464. The predicted molar refractivity (Wildman–Crippen MR) is 120 cm³/mol. The van der Waals surface area contributed by atoms with E-state index in [4.69, 9.17) is 0 Å². The van der Waals surface area contributed by atoms with E-state index in [0.29, 0.717) is 24.0 Å². The zero-order chi connectivity index (χ0) is 19.6. The minimum atomic E-state index is 0.0706. The van der Waals surface area contributed by atoms with Crippen molar-refractivity contribution in [3.8, 4) is 0 Å². The predicted octanol–water partition coefficient (Wildman–Crippen LogP) is 7.12. The Morgan fingerprint density at radius 1 is 0.897 bits per heavy atom. The SMILES string of the molecule is O=C(CCC1=CC=C2CCCCCC21)C1C=C(C2=CC=CC2)CC1C1=CC=CC1. The maximum atomic E-state index is 13.4. The maximum Gasteiger partial charge on any atom is 0.140 e. The summed E-state index contributed by atoms with van der Waals surface area (Å²) >= 11 is 0. The molecule has 1 nitrogen and oxygen atoms in total. The van der Waals surface area contributed by atoms with Crippen molar-refractivity contribution in [2.75, 3.05) is 0 Å². The van der Waals surface area contributed by atoms with Gasteiger partial charge in [0.25, 0.3) is 0 Å². The Hall–Kier alpha value is -2.15. The Balaban J connectivity index is 1.27. The Bertz CT molecular complexity index is 899. The number of hydrogen-bond donors (Lipinski definition) is 0. The third-order valence-corrected chi connectivity index (χ3v) is 7.61. The summed E-state index contributed by atoms with van der Waals surface area (Å²) in [6, 6.07) is 0. The standard InChI is InChI=1S/C28H32O/c29-28(17-16-23-15-14-22-10-2-1-3-13-25(22)23)27-19-24(20-8-4-5-9-20)18-26(27)21-11-6-7-12-21/h4-8,11,14-15,19,25-27H,1-3,9-10,12-13,16-18H2. The third-order valence-electron chi connectivity index (χ3n) is 7.61. The minimum absolute atomic E-state index is 0.0706. The Morgan fingerprint density at radius 2 is 1.79 bits per heavy atom. The molecule has 0 N–H and O–H groups in total. The van der Waals surface area contributed by atoms with Crippen molar-refractivity contribution in [2.45, 2.75) is 64.2 Å². The van der Waals surface area contributed by atoms with Crippen LogP contribution < -0.4 is 0 Å². The third kappa shape index (κ3) is 3.84. The van der Waals surface area contributed by atoms with Gasteiger partial charge >= 0.3 is 0 Å². The second kappa shape index (κ2) is 8.30. The molecular weight excluding hydrogens is 352 g/mol. The van der Waals surface area contributed by atoms with Crippen molar-refractivity contribution >= 4 is 5.78 Å². The zero-order valence-electron chi connectivity index (χ0n) is 17.4. The quantitative estimate of drug-likeness (QED) is 0.476. The lowest BCUT2D eigenvalue weighted by Crippen LogP contribution is -2.20. The summed E-state index contributed by atoms with van der Waals surface area (Å²) in [5, 5.41) is 0. The summed E-state index contributed by atoms with van der Waals surface area (Å²) in [7, 11) is 0. The van der Waals surface area contributed by atoms with Gasteiger partial charge in [-0.3, -0.25) is 4.79 Å². The summed E-state index contributed by atoms with van der Waals surface area (Å²) in [4.78, 5) is 13.4. The first-order chi connectivity index (χ1) is 14.3. The van der Waals surface area contributed by atoms with Crippen LogP contribution in [-0.2, 0) is 4.79 Å². The van der Waals surface area contributed by atoms with Gasteiger partial charge in [-0.15, -0.1) is 0 Å². The van der Waals surface area contributed by atoms with Crippen LogP contribution in [0.3, 0.4) is 0 Å². The van der Waals surface area contributed by atoms with Gasteiger partial charge < -0.3 is 0 Å². The molecule has 0 aromatic carbocycles. The molecule has 150 valence electrons. The molecule has 29 heavy (non-hydrogen) atoms. The molecule has 0 heterocycles. The van der Waals surface area contributed by atoms with Gasteiger partial charge in [-0.05, 0) is 62.0 Å². The first-order valence-corrected chi connectivity index (χ1v) is 11.6. The van der Waals surface area contributed by atoms with Gasteiger partial charge in [0.1, 0.15) is 5.78 Å². The van der Waals surface area contributed by atoms with Gasteiger partial charge in [0.15, 0.2) is 0 Å². The molecule has 0 saturated heterocycles. The molecule has 1 saturated carbocycles. The molecule has 1 heteroatoms. The highest BCUT2D eigenvalue weighted by Gasteiger charge is 2.36. The molecule has 0 radical (unpaired) electrons. The number of allylic oxidation sites excluding steroid dienone is 14. The van der Waals surface area contributed by atoms with Gasteiger partial charge in [0, 0.05) is 18.3 Å². The molecule has 0 aliphatic heterocycles. The van der Waals surface area contributed by atoms with Crippen LogP contribution in [0.15, 0.2) is 82.5 Å². The van der Waals surface area contributed by atoms with E-state index in [1.54, 1.807) is 5.57 Å². The van der Waals surface area contributed by atoms with Crippen LogP contribution in [0.2, 0.25) is 0 Å². The first kappa shape index (κ1) is 18.9. The lowest BCUT2D eigenvalue weighted by molar-refractivity contribution is -0.122. The average molecular weight is 385 g/mol. The highest BCUT2D eigenvalue weighted by atomic mass is 16.1. The monoisotopic (exact) mass is 384 g/mol. The van der Waals surface area contributed by atoms with E-state index in [0.717, 1.165) is 25.7 Å². The van der Waals surface area contributed by atoms with Crippen LogP contribution in [0.1, 0.15) is 64.2 Å². The van der Waals surface area contributed by atoms with E-state index in [-0.39, 0.29) is 5.92 Å². The van der Waals surface area contributed by atoms with Crippen molar-refractivity contribution in [2.24, 2.45) is 17.8 Å². The molecule has 0 aromatic rings. The van der Waals surface area contributed by atoms with Crippen molar-refractivity contribution < 1.29 is 4.79 Å². The largest absolute Gasteiger partial charge is 0.299 e. The number of fused-ring (bicyclic) bond motifs is 1. The molecule has 3 atom stereocenters. The molecule has 0 aromatic heterocycles. The normalized spacial score (nSPS) is 30.5. The molecule has 0 bridgehead atoms. The van der Waals surface area contributed by atoms with Gasteiger partial charge in [0.05, 0.1) is 0 Å². The molecule has 1 fully saturated rings. The van der Waals surface area contributed by atoms with E-state index in [9.17, 15) is 4.79 Å². The second-order valence-corrected chi connectivity index (χ2v) is 9.33. The molecular formula is C28H32O. The summed E-state index contributed by atoms with van der Waals surface area (Å²) < 4.78 is 0. The molecule has 0 spiro atoms. The molecule has 5 aliphatic carbocycles. The van der Waals surface area contributed by atoms with E-state index >= 15 is 0 Å². The Morgan fingerprint density at radius 3 is 2.62 bits per heavy atom. The summed E-state index contributed by atoms with van der Waals surface area (Å²) in [6.45, 7) is 0. The number of hydrogen-bond acceptors (Lipinski definition) is 1. The van der Waals surface area contributed by atoms with Crippen LogP contribution in [0.5, 0.6) is 0 Å². The molecule has 0 amide bonds. The van der Waals surface area contributed by atoms with E-state index < -0.39 is 0 Å². The van der Waals surface area contributed by atoms with Crippen molar-refractivity contribution in [1.82, 2.24) is 0 Å². The Kier molecular flexibility index (Phi) is 5.40. The highest BCUT2D eigenvalue weighted by molar-refractivity contribution is 5.85. The molecule has 5 aliphatic rings. The van der Waals surface area contributed by atoms with E-state index in [1.807, 2.05) is 0 Å². The van der Waals surface area contributed by atoms with Gasteiger partial charge in [-0.25, -0.2) is 0 Å². The van der Waals surface area contributed by atoms with Crippen molar-refractivity contribution in [1.29, 1.82) is 0 Å². The van der Waals surface area contributed by atoms with Crippen LogP contribution in [0.4, 0.5) is 0 Å². The summed E-state index contributed by atoms with van der Waals surface area (Å²) in [5.74, 6) is 1.54. The lowest BCUT2D eigenvalue weighted by Gasteiger charge is -2.21. The van der Waals surface area contributed by atoms with Crippen LogP contribution >= 0.6 is 0 Å². The summed E-state index contributed by atoms with van der Waals surface area (Å²) in [5.41, 5.74) is 7.45. The number of carbonyl (C=O) groups excluding carboxylic acids is 1. The van der Waals surface area contributed by atoms with Crippen molar-refractivity contribution in [3.63, 3.8) is 0 Å².